The summed E-state index contributed by atoms with van der Waals surface area (Å²) in [5.41, 5.74) is 5.60. The number of allylic oxidation sites excluding steroid dienone is 1. The highest BCUT2D eigenvalue weighted by atomic mass is 19.1. The lowest BCUT2D eigenvalue weighted by Gasteiger charge is -2.26. The molecule has 2 aromatic heterocycles. The van der Waals surface area contributed by atoms with Gasteiger partial charge in [-0.2, -0.15) is 0 Å². The summed E-state index contributed by atoms with van der Waals surface area (Å²) in [6.45, 7) is 8.54. The van der Waals surface area contributed by atoms with Crippen molar-refractivity contribution >= 4 is 34.3 Å². The molecule has 0 saturated carbocycles. The molecule has 4 aromatic rings. The van der Waals surface area contributed by atoms with Gasteiger partial charge in [0.1, 0.15) is 17.8 Å². The molecule has 9 nitrogen and oxygen atoms in total. The third-order valence-corrected chi connectivity index (χ3v) is 6.96. The van der Waals surface area contributed by atoms with Gasteiger partial charge in [0.25, 0.3) is 5.91 Å². The molecule has 41 heavy (non-hydrogen) atoms. The van der Waals surface area contributed by atoms with E-state index < -0.39 is 11.9 Å². The number of H-pyrrole nitrogens is 1. The Morgan fingerprint density at radius 1 is 1.12 bits per heavy atom. The lowest BCUT2D eigenvalue weighted by atomic mass is 9.99. The van der Waals surface area contributed by atoms with Crippen LogP contribution in [0.2, 0.25) is 0 Å². The highest BCUT2D eigenvalue weighted by Crippen LogP contribution is 2.37. The van der Waals surface area contributed by atoms with Crippen LogP contribution < -0.4 is 4.90 Å². The SMILES string of the molecule is C=C(C)N(C(=O)c1ccccc1)c1cc(F)cc(-c2ncnc3[nH]c(C4=CCN(OC(=O)N(C)C)CC4)cc23)c1C. The fourth-order valence-electron chi connectivity index (χ4n) is 4.84. The van der Waals surface area contributed by atoms with E-state index >= 15 is 4.39 Å². The average Bonchev–Trinajstić information content (AvgIpc) is 3.40. The summed E-state index contributed by atoms with van der Waals surface area (Å²) in [5, 5.41) is 2.34. The summed E-state index contributed by atoms with van der Waals surface area (Å²) in [7, 11) is 3.27. The number of hydroxylamine groups is 2. The lowest BCUT2D eigenvalue weighted by molar-refractivity contribution is -0.101. The molecule has 2 amide bonds. The van der Waals surface area contributed by atoms with Gasteiger partial charge in [-0.15, -0.1) is 5.06 Å². The minimum absolute atomic E-state index is 0.302. The predicted molar refractivity (Wildman–Crippen MR) is 156 cm³/mol. The molecule has 0 spiro atoms. The number of amides is 2. The number of halogens is 1. The van der Waals surface area contributed by atoms with Gasteiger partial charge in [-0.05, 0) is 61.7 Å². The molecular formula is C31H31FN6O3. The van der Waals surface area contributed by atoms with Crippen molar-refractivity contribution in [2.24, 2.45) is 0 Å². The Morgan fingerprint density at radius 3 is 2.54 bits per heavy atom. The fourth-order valence-corrected chi connectivity index (χ4v) is 4.84. The first-order chi connectivity index (χ1) is 19.6. The molecule has 0 unspecified atom stereocenters. The summed E-state index contributed by atoms with van der Waals surface area (Å²) in [6, 6.07) is 13.6. The molecule has 0 fully saturated rings. The van der Waals surface area contributed by atoms with Crippen molar-refractivity contribution < 1.29 is 18.8 Å². The minimum atomic E-state index is -0.502. The largest absolute Gasteiger partial charge is 0.428 e. The summed E-state index contributed by atoms with van der Waals surface area (Å²) in [5.74, 6) is -0.804. The van der Waals surface area contributed by atoms with E-state index in [-0.39, 0.29) is 5.91 Å². The first kappa shape index (κ1) is 27.7. The van der Waals surface area contributed by atoms with Gasteiger partial charge in [0.15, 0.2) is 0 Å². The minimum Gasteiger partial charge on any atom is -0.351 e. The first-order valence-electron chi connectivity index (χ1n) is 13.2. The molecule has 0 bridgehead atoms. The van der Waals surface area contributed by atoms with Gasteiger partial charge in [-0.25, -0.2) is 19.2 Å². The van der Waals surface area contributed by atoms with E-state index in [0.29, 0.717) is 58.9 Å². The number of aromatic nitrogens is 3. The maximum absolute atomic E-state index is 15.2. The number of anilines is 1. The van der Waals surface area contributed by atoms with Crippen LogP contribution in [0.3, 0.4) is 0 Å². The Kier molecular flexibility index (Phi) is 7.67. The summed E-state index contributed by atoms with van der Waals surface area (Å²) < 4.78 is 15.2. The molecule has 0 saturated heterocycles. The van der Waals surface area contributed by atoms with Crippen molar-refractivity contribution in [1.29, 1.82) is 0 Å². The van der Waals surface area contributed by atoms with Gasteiger partial charge in [-0.1, -0.05) is 30.9 Å². The zero-order valence-corrected chi connectivity index (χ0v) is 23.4. The molecule has 0 atom stereocenters. The molecule has 1 aliphatic rings. The average molecular weight is 555 g/mol. The van der Waals surface area contributed by atoms with Gasteiger partial charge in [-0.3, -0.25) is 9.69 Å². The molecular weight excluding hydrogens is 523 g/mol. The number of nitrogens with one attached hydrogen (secondary N) is 1. The van der Waals surface area contributed by atoms with E-state index in [4.69, 9.17) is 4.84 Å². The summed E-state index contributed by atoms with van der Waals surface area (Å²) in [6.07, 6.45) is 3.66. The molecule has 5 rings (SSSR count). The van der Waals surface area contributed by atoms with Crippen LogP contribution in [0.25, 0.3) is 27.9 Å². The number of aromatic amines is 1. The molecule has 0 aliphatic carbocycles. The third-order valence-electron chi connectivity index (χ3n) is 6.96. The van der Waals surface area contributed by atoms with Crippen molar-refractivity contribution in [2.75, 3.05) is 32.1 Å². The third kappa shape index (κ3) is 5.59. The second-order valence-corrected chi connectivity index (χ2v) is 10.1. The van der Waals surface area contributed by atoms with Crippen molar-refractivity contribution in [3.63, 3.8) is 0 Å². The zero-order valence-electron chi connectivity index (χ0n) is 23.4. The Bertz CT molecular complexity index is 1680. The number of hydrogen-bond donors (Lipinski definition) is 1. The number of rotatable bonds is 6. The number of carbonyl (C=O) groups is 2. The van der Waals surface area contributed by atoms with Crippen molar-refractivity contribution in [3.05, 3.63) is 95.8 Å². The molecule has 10 heteroatoms. The summed E-state index contributed by atoms with van der Waals surface area (Å²) >= 11 is 0. The maximum atomic E-state index is 15.2. The normalized spacial score (nSPS) is 13.5. The molecule has 2 aromatic carbocycles. The van der Waals surface area contributed by atoms with E-state index in [1.807, 2.05) is 25.1 Å². The van der Waals surface area contributed by atoms with E-state index in [2.05, 4.69) is 21.5 Å². The van der Waals surface area contributed by atoms with Gasteiger partial charge in [0.05, 0.1) is 17.9 Å². The van der Waals surface area contributed by atoms with Crippen LogP contribution in [-0.2, 0) is 4.84 Å². The first-order valence-corrected chi connectivity index (χ1v) is 13.2. The number of nitrogens with zero attached hydrogens (tertiary/aromatic N) is 5. The van der Waals surface area contributed by atoms with Crippen LogP contribution in [0.5, 0.6) is 0 Å². The topological polar surface area (TPSA) is 94.7 Å². The van der Waals surface area contributed by atoms with E-state index in [1.54, 1.807) is 50.3 Å². The number of hydrogen-bond acceptors (Lipinski definition) is 6. The molecule has 3 heterocycles. The quantitative estimate of drug-likeness (QED) is 0.316. The monoisotopic (exact) mass is 554 g/mol. The molecule has 210 valence electrons. The molecule has 1 N–H and O–H groups in total. The Hall–Kier alpha value is -4.83. The standard InChI is InChI=1S/C31H31FN6O3/c1-19(2)38(30(39)22-9-7-6-8-10-22)27-16-23(32)15-24(20(27)3)28-25-17-26(35-29(25)34-18-33-28)21-11-13-37(14-12-21)41-31(40)36(4)5/h6-11,15-18H,1,12-14H2,2-5H3,(H,33,34,35). The van der Waals surface area contributed by atoms with Gasteiger partial charge >= 0.3 is 6.09 Å². The number of benzene rings is 2. The smallest absolute Gasteiger partial charge is 0.351 e. The van der Waals surface area contributed by atoms with Crippen LogP contribution in [0.15, 0.2) is 73.2 Å². The van der Waals surface area contributed by atoms with Crippen LogP contribution in [0.1, 0.15) is 35.0 Å². The van der Waals surface area contributed by atoms with Gasteiger partial charge in [0, 0.05) is 48.5 Å². The predicted octanol–water partition coefficient (Wildman–Crippen LogP) is 5.96. The Labute approximate surface area is 237 Å². The fraction of sp³-hybridized carbons (Fsp3) is 0.226. The van der Waals surface area contributed by atoms with Crippen LogP contribution in [0.4, 0.5) is 14.9 Å². The lowest BCUT2D eigenvalue weighted by Crippen LogP contribution is -2.35. The summed E-state index contributed by atoms with van der Waals surface area (Å²) in [4.78, 5) is 45.8. The number of carbonyl (C=O) groups excluding carboxylic acids is 2. The van der Waals surface area contributed by atoms with Crippen LogP contribution >= 0.6 is 0 Å². The zero-order chi connectivity index (χ0) is 29.3. The van der Waals surface area contributed by atoms with Crippen molar-refractivity contribution in [2.45, 2.75) is 20.3 Å². The maximum Gasteiger partial charge on any atom is 0.428 e. The molecule has 1 aliphatic heterocycles. The van der Waals surface area contributed by atoms with Crippen molar-refractivity contribution in [1.82, 2.24) is 24.9 Å². The van der Waals surface area contributed by atoms with E-state index in [1.165, 1.54) is 28.3 Å². The Balaban J connectivity index is 1.52. The Morgan fingerprint density at radius 2 is 1.88 bits per heavy atom. The second-order valence-electron chi connectivity index (χ2n) is 10.1. The van der Waals surface area contributed by atoms with Gasteiger partial charge in [0.2, 0.25) is 0 Å². The van der Waals surface area contributed by atoms with E-state index in [9.17, 15) is 9.59 Å². The van der Waals surface area contributed by atoms with Crippen LogP contribution in [0, 0.1) is 12.7 Å². The van der Waals surface area contributed by atoms with Crippen LogP contribution in [-0.4, -0.2) is 64.1 Å². The van der Waals surface area contributed by atoms with Crippen molar-refractivity contribution in [3.8, 4) is 11.3 Å². The molecule has 0 radical (unpaired) electrons. The number of fused-ring (bicyclic) bond motifs is 1. The highest BCUT2D eigenvalue weighted by molar-refractivity contribution is 6.09. The highest BCUT2D eigenvalue weighted by Gasteiger charge is 2.25. The van der Waals surface area contributed by atoms with Gasteiger partial charge < -0.3 is 14.7 Å². The second kappa shape index (κ2) is 11.3. The van der Waals surface area contributed by atoms with E-state index in [0.717, 1.165) is 16.7 Å².